The summed E-state index contributed by atoms with van der Waals surface area (Å²) in [5.41, 5.74) is 3.65. The van der Waals surface area contributed by atoms with Gasteiger partial charge in [-0.1, -0.05) is 24.3 Å². The number of carbonyl (C=O) groups excluding carboxylic acids is 1. The molecular formula is C17H18N2O3. The number of hydrogen-bond acceptors (Lipinski definition) is 5. The highest BCUT2D eigenvalue weighted by atomic mass is 16.5. The van der Waals surface area contributed by atoms with Crippen LogP contribution >= 0.6 is 0 Å². The fourth-order valence-electron chi connectivity index (χ4n) is 2.67. The van der Waals surface area contributed by atoms with E-state index in [2.05, 4.69) is 22.4 Å². The van der Waals surface area contributed by atoms with E-state index in [0.29, 0.717) is 24.4 Å². The topological polar surface area (TPSA) is 60.5 Å². The van der Waals surface area contributed by atoms with Gasteiger partial charge in [0.1, 0.15) is 0 Å². The van der Waals surface area contributed by atoms with Gasteiger partial charge in [0, 0.05) is 12.7 Å². The molecule has 114 valence electrons. The molecule has 0 saturated heterocycles. The molecule has 0 amide bonds. The van der Waals surface area contributed by atoms with Gasteiger partial charge in [0.2, 0.25) is 0 Å². The van der Waals surface area contributed by atoms with Crippen LogP contribution in [0.5, 0.6) is 0 Å². The highest BCUT2D eigenvalue weighted by Gasteiger charge is 2.21. The summed E-state index contributed by atoms with van der Waals surface area (Å²) < 4.78 is 10.6. The van der Waals surface area contributed by atoms with E-state index in [1.807, 2.05) is 12.1 Å². The first-order valence-corrected chi connectivity index (χ1v) is 7.25. The Morgan fingerprint density at radius 2 is 2.27 bits per heavy atom. The molecule has 1 aliphatic heterocycles. The van der Waals surface area contributed by atoms with E-state index < -0.39 is 0 Å². The lowest BCUT2D eigenvalue weighted by Crippen LogP contribution is -2.23. The van der Waals surface area contributed by atoms with Crippen molar-refractivity contribution in [3.8, 4) is 0 Å². The Bertz CT molecular complexity index is 672. The lowest BCUT2D eigenvalue weighted by molar-refractivity contribution is 0.0511. The quantitative estimate of drug-likeness (QED) is 0.879. The molecule has 1 unspecified atom stereocenters. The van der Waals surface area contributed by atoms with Gasteiger partial charge < -0.3 is 14.8 Å². The average molecular weight is 298 g/mol. The maximum absolute atomic E-state index is 11.8. The van der Waals surface area contributed by atoms with Crippen molar-refractivity contribution in [1.82, 2.24) is 4.98 Å². The molecule has 2 heterocycles. The molecule has 0 spiro atoms. The molecule has 1 aromatic heterocycles. The van der Waals surface area contributed by atoms with Gasteiger partial charge in [0.05, 0.1) is 37.3 Å². The molecule has 0 fully saturated rings. The zero-order chi connectivity index (χ0) is 15.4. The molecule has 0 bridgehead atoms. The van der Waals surface area contributed by atoms with Crippen LogP contribution in [0.25, 0.3) is 0 Å². The van der Waals surface area contributed by atoms with E-state index >= 15 is 0 Å². The number of nitrogens with one attached hydrogen (secondary N) is 1. The van der Waals surface area contributed by atoms with Crippen molar-refractivity contribution in [1.29, 1.82) is 0 Å². The summed E-state index contributed by atoms with van der Waals surface area (Å²) in [7, 11) is 1.37. The summed E-state index contributed by atoms with van der Waals surface area (Å²) in [4.78, 5) is 15.8. The Balaban J connectivity index is 1.76. The first-order chi connectivity index (χ1) is 10.8. The lowest BCUT2D eigenvalue weighted by atomic mass is 9.97. The maximum Gasteiger partial charge on any atom is 0.340 e. The first-order valence-electron chi connectivity index (χ1n) is 7.25. The SMILES string of the molecule is COC(=O)c1ccncc1NCC1OCCc2ccccc21. The largest absolute Gasteiger partial charge is 0.465 e. The van der Waals surface area contributed by atoms with Gasteiger partial charge >= 0.3 is 5.97 Å². The van der Waals surface area contributed by atoms with Crippen LogP contribution in [0.1, 0.15) is 27.6 Å². The molecule has 0 saturated carbocycles. The highest BCUT2D eigenvalue weighted by molar-refractivity contribution is 5.95. The van der Waals surface area contributed by atoms with E-state index in [-0.39, 0.29) is 12.1 Å². The Labute approximate surface area is 129 Å². The monoisotopic (exact) mass is 298 g/mol. The zero-order valence-electron chi connectivity index (χ0n) is 12.4. The first kappa shape index (κ1) is 14.5. The van der Waals surface area contributed by atoms with Crippen molar-refractivity contribution in [2.24, 2.45) is 0 Å². The number of aromatic nitrogens is 1. The Morgan fingerprint density at radius 3 is 3.14 bits per heavy atom. The lowest BCUT2D eigenvalue weighted by Gasteiger charge is -2.26. The van der Waals surface area contributed by atoms with Gasteiger partial charge in [-0.25, -0.2) is 4.79 Å². The molecule has 2 aromatic rings. The van der Waals surface area contributed by atoms with Crippen molar-refractivity contribution in [3.63, 3.8) is 0 Å². The van der Waals surface area contributed by atoms with E-state index in [0.717, 1.165) is 6.42 Å². The Kier molecular flexibility index (Phi) is 4.34. The van der Waals surface area contributed by atoms with Crippen LogP contribution in [0.15, 0.2) is 42.7 Å². The molecule has 5 heteroatoms. The summed E-state index contributed by atoms with van der Waals surface area (Å²) in [6.07, 6.45) is 4.10. The molecule has 3 rings (SSSR count). The second kappa shape index (κ2) is 6.58. The maximum atomic E-state index is 11.8. The molecule has 1 aliphatic rings. The number of rotatable bonds is 4. The van der Waals surface area contributed by atoms with Crippen LogP contribution in [-0.2, 0) is 15.9 Å². The van der Waals surface area contributed by atoms with Crippen LogP contribution in [-0.4, -0.2) is 31.2 Å². The minimum absolute atomic E-state index is 0.0318. The minimum atomic E-state index is -0.380. The molecular weight excluding hydrogens is 280 g/mol. The Hall–Kier alpha value is -2.40. The van der Waals surface area contributed by atoms with Crippen LogP contribution in [0.2, 0.25) is 0 Å². The summed E-state index contributed by atoms with van der Waals surface area (Å²) in [6, 6.07) is 9.93. The van der Waals surface area contributed by atoms with E-state index in [1.165, 1.54) is 18.2 Å². The van der Waals surface area contributed by atoms with E-state index in [9.17, 15) is 4.79 Å². The van der Waals surface area contributed by atoms with E-state index in [1.54, 1.807) is 18.5 Å². The fraction of sp³-hybridized carbons (Fsp3) is 0.294. The second-order valence-electron chi connectivity index (χ2n) is 5.10. The third-order valence-electron chi connectivity index (χ3n) is 3.80. The third-order valence-corrected chi connectivity index (χ3v) is 3.80. The zero-order valence-corrected chi connectivity index (χ0v) is 12.4. The number of fused-ring (bicyclic) bond motifs is 1. The summed E-state index contributed by atoms with van der Waals surface area (Å²) >= 11 is 0. The molecule has 0 aliphatic carbocycles. The number of benzene rings is 1. The summed E-state index contributed by atoms with van der Waals surface area (Å²) in [5, 5.41) is 3.25. The van der Waals surface area contributed by atoms with Crippen molar-refractivity contribution in [3.05, 3.63) is 59.4 Å². The van der Waals surface area contributed by atoms with Gasteiger partial charge in [-0.15, -0.1) is 0 Å². The van der Waals surface area contributed by atoms with Gasteiger partial charge in [0.15, 0.2) is 0 Å². The average Bonchev–Trinajstić information content (AvgIpc) is 2.59. The highest BCUT2D eigenvalue weighted by Crippen LogP contribution is 2.27. The number of hydrogen-bond donors (Lipinski definition) is 1. The fourth-order valence-corrected chi connectivity index (χ4v) is 2.67. The smallest absolute Gasteiger partial charge is 0.340 e. The van der Waals surface area contributed by atoms with Crippen LogP contribution in [0.3, 0.4) is 0 Å². The Morgan fingerprint density at radius 1 is 1.41 bits per heavy atom. The molecule has 1 aromatic carbocycles. The van der Waals surface area contributed by atoms with Gasteiger partial charge in [-0.3, -0.25) is 4.98 Å². The van der Waals surface area contributed by atoms with Crippen LogP contribution < -0.4 is 5.32 Å². The predicted octanol–water partition coefficient (Wildman–Crippen LogP) is 2.59. The molecule has 0 radical (unpaired) electrons. The second-order valence-corrected chi connectivity index (χ2v) is 5.10. The van der Waals surface area contributed by atoms with Gasteiger partial charge in [-0.2, -0.15) is 0 Å². The van der Waals surface area contributed by atoms with E-state index in [4.69, 9.17) is 9.47 Å². The molecule has 1 N–H and O–H groups in total. The standard InChI is InChI=1S/C17H18N2O3/c1-21-17(20)14-6-8-18-10-15(14)19-11-16-13-5-3-2-4-12(13)7-9-22-16/h2-6,8,10,16,19H,7,9,11H2,1H3. The number of carbonyl (C=O) groups is 1. The predicted molar refractivity (Wildman–Crippen MR) is 82.9 cm³/mol. The number of nitrogens with zero attached hydrogens (tertiary/aromatic N) is 1. The number of esters is 1. The van der Waals surface area contributed by atoms with Gasteiger partial charge in [-0.05, 0) is 23.6 Å². The van der Waals surface area contributed by atoms with Crippen molar-refractivity contribution < 1.29 is 14.3 Å². The number of methoxy groups -OCH3 is 1. The molecule has 5 nitrogen and oxygen atoms in total. The minimum Gasteiger partial charge on any atom is -0.465 e. The van der Waals surface area contributed by atoms with Crippen molar-refractivity contribution in [2.75, 3.05) is 25.6 Å². The van der Waals surface area contributed by atoms with Crippen LogP contribution in [0, 0.1) is 0 Å². The summed E-state index contributed by atoms with van der Waals surface area (Å²) in [5.74, 6) is -0.380. The number of pyridine rings is 1. The third kappa shape index (κ3) is 2.94. The normalized spacial score (nSPS) is 16.7. The summed E-state index contributed by atoms with van der Waals surface area (Å²) in [6.45, 7) is 1.28. The van der Waals surface area contributed by atoms with Crippen molar-refractivity contribution >= 4 is 11.7 Å². The number of anilines is 1. The number of ether oxygens (including phenoxy) is 2. The van der Waals surface area contributed by atoms with Crippen LogP contribution in [0.4, 0.5) is 5.69 Å². The molecule has 1 atom stereocenters. The molecule has 22 heavy (non-hydrogen) atoms. The van der Waals surface area contributed by atoms with Crippen molar-refractivity contribution in [2.45, 2.75) is 12.5 Å². The van der Waals surface area contributed by atoms with Gasteiger partial charge in [0.25, 0.3) is 0 Å².